The SMILES string of the molecule is Fc1ccc2c(c1)nn1cnc(NC3CCSCC3)cc21. The Hall–Kier alpha value is -1.82. The molecule has 0 bridgehead atoms. The lowest BCUT2D eigenvalue weighted by Crippen LogP contribution is -2.25. The lowest BCUT2D eigenvalue weighted by atomic mass is 10.1. The summed E-state index contributed by atoms with van der Waals surface area (Å²) >= 11 is 2.01. The maximum absolute atomic E-state index is 13.3. The van der Waals surface area contributed by atoms with Crippen LogP contribution in [0, 0.1) is 5.82 Å². The minimum absolute atomic E-state index is 0.267. The lowest BCUT2D eigenvalue weighted by molar-refractivity contribution is 0.629. The number of rotatable bonds is 2. The molecule has 1 N–H and O–H groups in total. The highest BCUT2D eigenvalue weighted by molar-refractivity contribution is 7.99. The molecule has 21 heavy (non-hydrogen) atoms. The number of fused-ring (bicyclic) bond motifs is 3. The van der Waals surface area contributed by atoms with Gasteiger partial charge < -0.3 is 5.32 Å². The smallest absolute Gasteiger partial charge is 0.130 e. The Morgan fingerprint density at radius 2 is 2.10 bits per heavy atom. The number of hydrogen-bond donors (Lipinski definition) is 1. The van der Waals surface area contributed by atoms with Gasteiger partial charge in [0.25, 0.3) is 0 Å². The van der Waals surface area contributed by atoms with E-state index in [1.807, 2.05) is 17.8 Å². The van der Waals surface area contributed by atoms with Crippen molar-refractivity contribution in [2.24, 2.45) is 0 Å². The van der Waals surface area contributed by atoms with Crippen molar-refractivity contribution in [1.82, 2.24) is 14.6 Å². The summed E-state index contributed by atoms with van der Waals surface area (Å²) in [4.78, 5) is 4.41. The Bertz CT molecular complexity index is 795. The molecule has 1 aromatic carbocycles. The van der Waals surface area contributed by atoms with Gasteiger partial charge in [-0.1, -0.05) is 0 Å². The van der Waals surface area contributed by atoms with Crippen molar-refractivity contribution in [2.45, 2.75) is 18.9 Å². The molecule has 0 saturated carbocycles. The largest absolute Gasteiger partial charge is 0.367 e. The maximum Gasteiger partial charge on any atom is 0.130 e. The molecule has 1 saturated heterocycles. The average molecular weight is 302 g/mol. The number of benzene rings is 1. The standard InChI is InChI=1S/C15H15FN4S/c16-10-1-2-12-13(7-10)19-20-9-17-15(8-14(12)20)18-11-3-5-21-6-4-11/h1-2,7-9,11,18H,3-6H2. The van der Waals surface area contributed by atoms with Gasteiger partial charge >= 0.3 is 0 Å². The first kappa shape index (κ1) is 12.9. The Kier molecular flexibility index (Phi) is 3.18. The fourth-order valence-corrected chi connectivity index (χ4v) is 3.85. The highest BCUT2D eigenvalue weighted by Crippen LogP contribution is 2.24. The van der Waals surface area contributed by atoms with Crippen LogP contribution in [-0.4, -0.2) is 32.1 Å². The van der Waals surface area contributed by atoms with E-state index < -0.39 is 0 Å². The van der Waals surface area contributed by atoms with E-state index in [1.165, 1.54) is 36.5 Å². The predicted octanol–water partition coefficient (Wildman–Crippen LogP) is 3.33. The molecule has 6 heteroatoms. The van der Waals surface area contributed by atoms with E-state index in [0.29, 0.717) is 11.6 Å². The van der Waals surface area contributed by atoms with E-state index in [1.54, 1.807) is 16.9 Å². The molecule has 2 aromatic heterocycles. The lowest BCUT2D eigenvalue weighted by Gasteiger charge is -2.22. The molecule has 1 aliphatic heterocycles. The van der Waals surface area contributed by atoms with Crippen molar-refractivity contribution in [3.8, 4) is 0 Å². The summed E-state index contributed by atoms with van der Waals surface area (Å²) in [7, 11) is 0. The molecule has 108 valence electrons. The average Bonchev–Trinajstić information content (AvgIpc) is 2.85. The number of halogens is 1. The van der Waals surface area contributed by atoms with E-state index in [9.17, 15) is 4.39 Å². The van der Waals surface area contributed by atoms with Crippen LogP contribution in [0.25, 0.3) is 16.4 Å². The van der Waals surface area contributed by atoms with Gasteiger partial charge in [-0.3, -0.25) is 0 Å². The van der Waals surface area contributed by atoms with Crippen molar-refractivity contribution in [3.05, 3.63) is 36.4 Å². The first-order valence-electron chi connectivity index (χ1n) is 7.07. The Labute approximate surface area is 125 Å². The summed E-state index contributed by atoms with van der Waals surface area (Å²) in [6.45, 7) is 0. The second-order valence-electron chi connectivity index (χ2n) is 5.30. The second kappa shape index (κ2) is 5.18. The molecule has 0 atom stereocenters. The first-order valence-corrected chi connectivity index (χ1v) is 8.23. The normalized spacial score (nSPS) is 16.6. The molecule has 1 aliphatic rings. The molecular weight excluding hydrogens is 287 g/mol. The summed E-state index contributed by atoms with van der Waals surface area (Å²) in [6.07, 6.45) is 4.03. The number of nitrogens with zero attached hydrogens (tertiary/aromatic N) is 3. The number of anilines is 1. The monoisotopic (exact) mass is 302 g/mol. The van der Waals surface area contributed by atoms with Crippen LogP contribution in [0.5, 0.6) is 0 Å². The quantitative estimate of drug-likeness (QED) is 0.788. The minimum atomic E-state index is -0.267. The van der Waals surface area contributed by atoms with Crippen LogP contribution in [0.15, 0.2) is 30.6 Å². The van der Waals surface area contributed by atoms with Crippen molar-refractivity contribution in [1.29, 1.82) is 0 Å². The van der Waals surface area contributed by atoms with Gasteiger partial charge in [-0.05, 0) is 36.5 Å². The molecule has 1 fully saturated rings. The second-order valence-corrected chi connectivity index (χ2v) is 6.52. The zero-order valence-electron chi connectivity index (χ0n) is 11.4. The van der Waals surface area contributed by atoms with Crippen molar-refractivity contribution in [3.63, 3.8) is 0 Å². The van der Waals surface area contributed by atoms with E-state index in [-0.39, 0.29) is 5.82 Å². The van der Waals surface area contributed by atoms with Gasteiger partial charge in [-0.15, -0.1) is 0 Å². The van der Waals surface area contributed by atoms with Crippen LogP contribution >= 0.6 is 11.8 Å². The molecule has 0 spiro atoms. The summed E-state index contributed by atoms with van der Waals surface area (Å²) in [5.41, 5.74) is 1.61. The van der Waals surface area contributed by atoms with Crippen LogP contribution in [0.1, 0.15) is 12.8 Å². The molecule has 0 aliphatic carbocycles. The molecular formula is C15H15FN4S. The van der Waals surface area contributed by atoms with E-state index in [2.05, 4.69) is 15.4 Å². The topological polar surface area (TPSA) is 42.2 Å². The van der Waals surface area contributed by atoms with Gasteiger partial charge in [-0.2, -0.15) is 16.9 Å². The third-order valence-corrected chi connectivity index (χ3v) is 4.90. The summed E-state index contributed by atoms with van der Waals surface area (Å²) in [6, 6.07) is 7.18. The molecule has 0 amide bonds. The number of thioether (sulfide) groups is 1. The molecule has 4 rings (SSSR count). The molecule has 0 unspecified atom stereocenters. The zero-order chi connectivity index (χ0) is 14.2. The van der Waals surface area contributed by atoms with Gasteiger partial charge in [-0.25, -0.2) is 13.9 Å². The molecule has 4 nitrogen and oxygen atoms in total. The van der Waals surface area contributed by atoms with Crippen LogP contribution in [-0.2, 0) is 0 Å². The zero-order valence-corrected chi connectivity index (χ0v) is 12.2. The molecule has 3 aromatic rings. The van der Waals surface area contributed by atoms with Crippen molar-refractivity contribution < 1.29 is 4.39 Å². The Morgan fingerprint density at radius 1 is 1.24 bits per heavy atom. The molecule has 3 heterocycles. The van der Waals surface area contributed by atoms with Gasteiger partial charge in [0.1, 0.15) is 18.0 Å². The van der Waals surface area contributed by atoms with E-state index in [0.717, 1.165) is 16.7 Å². The summed E-state index contributed by atoms with van der Waals surface area (Å²) in [5, 5.41) is 8.79. The van der Waals surface area contributed by atoms with E-state index >= 15 is 0 Å². The highest BCUT2D eigenvalue weighted by Gasteiger charge is 2.14. The van der Waals surface area contributed by atoms with Crippen molar-refractivity contribution >= 4 is 34.0 Å². The fourth-order valence-electron chi connectivity index (χ4n) is 2.74. The number of aromatic nitrogens is 3. The van der Waals surface area contributed by atoms with Crippen LogP contribution in [0.3, 0.4) is 0 Å². The molecule has 0 radical (unpaired) electrons. The van der Waals surface area contributed by atoms with Crippen LogP contribution in [0.2, 0.25) is 0 Å². The minimum Gasteiger partial charge on any atom is -0.367 e. The third kappa shape index (κ3) is 2.44. The Balaban J connectivity index is 1.72. The van der Waals surface area contributed by atoms with Crippen LogP contribution < -0.4 is 5.32 Å². The number of hydrogen-bond acceptors (Lipinski definition) is 4. The van der Waals surface area contributed by atoms with Gasteiger partial charge in [0.05, 0.1) is 11.0 Å². The first-order chi connectivity index (χ1) is 10.3. The van der Waals surface area contributed by atoms with Gasteiger partial charge in [0.15, 0.2) is 0 Å². The fraction of sp³-hybridized carbons (Fsp3) is 0.333. The van der Waals surface area contributed by atoms with Gasteiger partial charge in [0, 0.05) is 23.6 Å². The highest BCUT2D eigenvalue weighted by atomic mass is 32.2. The van der Waals surface area contributed by atoms with Crippen LogP contribution in [0.4, 0.5) is 10.2 Å². The van der Waals surface area contributed by atoms with Crippen molar-refractivity contribution in [2.75, 3.05) is 16.8 Å². The van der Waals surface area contributed by atoms with E-state index in [4.69, 9.17) is 0 Å². The third-order valence-electron chi connectivity index (χ3n) is 3.85. The maximum atomic E-state index is 13.3. The number of nitrogens with one attached hydrogen (secondary N) is 1. The summed E-state index contributed by atoms with van der Waals surface area (Å²) < 4.78 is 15.0. The Morgan fingerprint density at radius 3 is 2.95 bits per heavy atom. The van der Waals surface area contributed by atoms with Gasteiger partial charge in [0.2, 0.25) is 0 Å². The summed E-state index contributed by atoms with van der Waals surface area (Å²) in [5.74, 6) is 3.01. The predicted molar refractivity (Wildman–Crippen MR) is 84.4 cm³/mol.